The van der Waals surface area contributed by atoms with Crippen molar-refractivity contribution >= 4 is 29.1 Å². The molecule has 0 aromatic carbocycles. The number of carbonyl (C=O) groups excluding carboxylic acids is 1. The average Bonchev–Trinajstić information content (AvgIpc) is 2.80. The van der Waals surface area contributed by atoms with Gasteiger partial charge in [-0.2, -0.15) is 15.0 Å². The van der Waals surface area contributed by atoms with E-state index in [0.29, 0.717) is 11.8 Å². The van der Waals surface area contributed by atoms with Crippen molar-refractivity contribution in [1.29, 1.82) is 0 Å². The molecule has 22 heavy (non-hydrogen) atoms. The summed E-state index contributed by atoms with van der Waals surface area (Å²) in [4.78, 5) is 26.4. The monoisotopic (exact) mass is 319 g/mol. The third-order valence-electron chi connectivity index (χ3n) is 3.03. The Morgan fingerprint density at radius 3 is 2.59 bits per heavy atom. The lowest BCUT2D eigenvalue weighted by molar-refractivity contribution is -0.114. The maximum atomic E-state index is 11.1. The standard InChI is InChI=1S/C15H21N5OS/c1-9(5-7-13-8-6-10(2)22-13)16-14-17-11(3)18-15(20-14)19-12(4)21/h6,8-9H,5,7H2,1-4H3,(H2,16,17,18,19,20,21). The fourth-order valence-corrected chi connectivity index (χ4v) is 2.94. The van der Waals surface area contributed by atoms with Crippen LogP contribution in [0.1, 0.15) is 35.8 Å². The van der Waals surface area contributed by atoms with Gasteiger partial charge in [0, 0.05) is 22.7 Å². The zero-order valence-corrected chi connectivity index (χ0v) is 14.1. The van der Waals surface area contributed by atoms with Gasteiger partial charge in [-0.3, -0.25) is 10.1 Å². The van der Waals surface area contributed by atoms with Crippen molar-refractivity contribution in [1.82, 2.24) is 15.0 Å². The fourth-order valence-electron chi connectivity index (χ4n) is 2.03. The van der Waals surface area contributed by atoms with Gasteiger partial charge in [0.05, 0.1) is 0 Å². The highest BCUT2D eigenvalue weighted by Gasteiger charge is 2.09. The van der Waals surface area contributed by atoms with Gasteiger partial charge in [-0.05, 0) is 45.7 Å². The molecule has 6 nitrogen and oxygen atoms in total. The van der Waals surface area contributed by atoms with E-state index in [0.717, 1.165) is 12.8 Å². The number of aromatic nitrogens is 3. The summed E-state index contributed by atoms with van der Waals surface area (Å²) in [5.74, 6) is 1.15. The summed E-state index contributed by atoms with van der Waals surface area (Å²) < 4.78 is 0. The number of nitrogens with one attached hydrogen (secondary N) is 2. The summed E-state index contributed by atoms with van der Waals surface area (Å²) >= 11 is 1.83. The number of amides is 1. The molecule has 2 N–H and O–H groups in total. The van der Waals surface area contributed by atoms with Crippen LogP contribution >= 0.6 is 11.3 Å². The first-order chi connectivity index (χ1) is 10.4. The van der Waals surface area contributed by atoms with Crippen molar-refractivity contribution < 1.29 is 4.79 Å². The number of nitrogens with zero attached hydrogens (tertiary/aromatic N) is 3. The fraction of sp³-hybridized carbons (Fsp3) is 0.467. The van der Waals surface area contributed by atoms with Crippen molar-refractivity contribution in [3.05, 3.63) is 27.7 Å². The molecule has 0 radical (unpaired) electrons. The minimum Gasteiger partial charge on any atom is -0.352 e. The molecule has 0 spiro atoms. The Kier molecular flexibility index (Phi) is 5.43. The van der Waals surface area contributed by atoms with E-state index in [1.807, 2.05) is 11.3 Å². The highest BCUT2D eigenvalue weighted by molar-refractivity contribution is 7.11. The summed E-state index contributed by atoms with van der Waals surface area (Å²) in [6, 6.07) is 4.55. The van der Waals surface area contributed by atoms with Gasteiger partial charge in [-0.1, -0.05) is 0 Å². The Morgan fingerprint density at radius 1 is 1.23 bits per heavy atom. The van der Waals surface area contributed by atoms with Gasteiger partial charge in [0.1, 0.15) is 5.82 Å². The number of aryl methyl sites for hydroxylation is 3. The first kappa shape index (κ1) is 16.4. The van der Waals surface area contributed by atoms with Crippen LogP contribution in [0.15, 0.2) is 12.1 Å². The minimum absolute atomic E-state index is 0.197. The van der Waals surface area contributed by atoms with Gasteiger partial charge in [-0.25, -0.2) is 0 Å². The van der Waals surface area contributed by atoms with Crippen molar-refractivity contribution in [3.8, 4) is 0 Å². The quantitative estimate of drug-likeness (QED) is 0.855. The van der Waals surface area contributed by atoms with Crippen LogP contribution in [0.3, 0.4) is 0 Å². The summed E-state index contributed by atoms with van der Waals surface area (Å²) in [5, 5.41) is 5.84. The van der Waals surface area contributed by atoms with Gasteiger partial charge in [0.2, 0.25) is 17.8 Å². The molecule has 0 aliphatic heterocycles. The Labute approximate surface area is 134 Å². The number of hydrogen-bond acceptors (Lipinski definition) is 6. The van der Waals surface area contributed by atoms with E-state index in [4.69, 9.17) is 0 Å². The zero-order chi connectivity index (χ0) is 16.1. The van der Waals surface area contributed by atoms with Gasteiger partial charge in [-0.15, -0.1) is 11.3 Å². The Hall–Kier alpha value is -2.02. The molecule has 2 aromatic heterocycles. The number of rotatable bonds is 6. The summed E-state index contributed by atoms with van der Waals surface area (Å²) in [6.07, 6.45) is 2.01. The Bertz CT molecular complexity index is 655. The zero-order valence-electron chi connectivity index (χ0n) is 13.3. The molecule has 1 atom stereocenters. The van der Waals surface area contributed by atoms with Crippen LogP contribution in [0.25, 0.3) is 0 Å². The van der Waals surface area contributed by atoms with Crippen LogP contribution in [0.5, 0.6) is 0 Å². The van der Waals surface area contributed by atoms with Gasteiger partial charge in [0.25, 0.3) is 0 Å². The highest BCUT2D eigenvalue weighted by Crippen LogP contribution is 2.18. The van der Waals surface area contributed by atoms with Crippen LogP contribution < -0.4 is 10.6 Å². The van der Waals surface area contributed by atoms with E-state index in [9.17, 15) is 4.79 Å². The molecule has 1 unspecified atom stereocenters. The predicted molar refractivity (Wildman–Crippen MR) is 89.3 cm³/mol. The van der Waals surface area contributed by atoms with Crippen LogP contribution in [0.2, 0.25) is 0 Å². The van der Waals surface area contributed by atoms with Crippen molar-refractivity contribution in [2.75, 3.05) is 10.6 Å². The molecule has 0 aliphatic rings. The van der Waals surface area contributed by atoms with Crippen LogP contribution in [-0.4, -0.2) is 26.9 Å². The van der Waals surface area contributed by atoms with Gasteiger partial charge < -0.3 is 5.32 Å². The predicted octanol–water partition coefficient (Wildman–Crippen LogP) is 2.94. The number of anilines is 2. The van der Waals surface area contributed by atoms with E-state index >= 15 is 0 Å². The highest BCUT2D eigenvalue weighted by atomic mass is 32.1. The molecule has 0 fully saturated rings. The second-order valence-corrected chi connectivity index (χ2v) is 6.68. The van der Waals surface area contributed by atoms with E-state index < -0.39 is 0 Å². The maximum Gasteiger partial charge on any atom is 0.234 e. The molecule has 0 saturated carbocycles. The molecular weight excluding hydrogens is 298 g/mol. The first-order valence-corrected chi connectivity index (χ1v) is 8.06. The van der Waals surface area contributed by atoms with Gasteiger partial charge >= 0.3 is 0 Å². The molecular formula is C15H21N5OS. The van der Waals surface area contributed by atoms with Gasteiger partial charge in [0.15, 0.2) is 0 Å². The Morgan fingerprint density at radius 2 is 1.95 bits per heavy atom. The molecule has 118 valence electrons. The van der Waals surface area contributed by atoms with Crippen molar-refractivity contribution in [2.24, 2.45) is 0 Å². The van der Waals surface area contributed by atoms with Crippen LogP contribution in [0, 0.1) is 13.8 Å². The second kappa shape index (κ2) is 7.31. The molecule has 0 aliphatic carbocycles. The number of carbonyl (C=O) groups is 1. The number of hydrogen-bond donors (Lipinski definition) is 2. The average molecular weight is 319 g/mol. The molecule has 7 heteroatoms. The van der Waals surface area contributed by atoms with Crippen LogP contribution in [0.4, 0.5) is 11.9 Å². The third kappa shape index (κ3) is 5.07. The van der Waals surface area contributed by atoms with Crippen molar-refractivity contribution in [3.63, 3.8) is 0 Å². The lowest BCUT2D eigenvalue weighted by Gasteiger charge is -2.14. The molecule has 2 rings (SSSR count). The number of thiophene rings is 1. The topological polar surface area (TPSA) is 79.8 Å². The van der Waals surface area contributed by atoms with E-state index in [1.54, 1.807) is 6.92 Å². The molecule has 0 saturated heterocycles. The maximum absolute atomic E-state index is 11.1. The largest absolute Gasteiger partial charge is 0.352 e. The molecule has 2 aromatic rings. The lowest BCUT2D eigenvalue weighted by Crippen LogP contribution is -2.19. The Balaban J connectivity index is 1.94. The minimum atomic E-state index is -0.197. The second-order valence-electron chi connectivity index (χ2n) is 5.31. The van der Waals surface area contributed by atoms with E-state index in [2.05, 4.69) is 51.6 Å². The smallest absolute Gasteiger partial charge is 0.234 e. The summed E-state index contributed by atoms with van der Waals surface area (Å²) in [7, 11) is 0. The lowest BCUT2D eigenvalue weighted by atomic mass is 10.1. The summed E-state index contributed by atoms with van der Waals surface area (Å²) in [5.41, 5.74) is 0. The third-order valence-corrected chi connectivity index (χ3v) is 4.09. The SMILES string of the molecule is CC(=O)Nc1nc(C)nc(NC(C)CCc2ccc(C)s2)n1. The molecule has 1 amide bonds. The van der Waals surface area contributed by atoms with E-state index in [1.165, 1.54) is 16.7 Å². The molecule has 2 heterocycles. The summed E-state index contributed by atoms with van der Waals surface area (Å²) in [6.45, 7) is 7.42. The first-order valence-electron chi connectivity index (χ1n) is 7.24. The van der Waals surface area contributed by atoms with E-state index in [-0.39, 0.29) is 17.9 Å². The normalized spacial score (nSPS) is 12.0. The van der Waals surface area contributed by atoms with Crippen LogP contribution in [-0.2, 0) is 11.2 Å². The molecule has 0 bridgehead atoms. The van der Waals surface area contributed by atoms with Crippen molar-refractivity contribution in [2.45, 2.75) is 46.6 Å².